The Hall–Kier alpha value is -4.18. The summed E-state index contributed by atoms with van der Waals surface area (Å²) < 4.78 is 0. The second kappa shape index (κ2) is 8.70. The molecule has 0 radical (unpaired) electrons. The Morgan fingerprint density at radius 3 is 1.29 bits per heavy atom. The molecule has 0 unspecified atom stereocenters. The Kier molecular flexibility index (Phi) is 5.26. The SMILES string of the molecule is O=C1Nc2ccccc2[C@@]12CCCc1ccccc12.O=C1Nc2ccccc2[C@@]12CCCc1ccccc12. The summed E-state index contributed by atoms with van der Waals surface area (Å²) >= 11 is 0. The third-order valence-corrected chi connectivity index (χ3v) is 9.00. The monoisotopic (exact) mass is 498 g/mol. The number of benzene rings is 4. The predicted octanol–water partition coefficient (Wildman–Crippen LogP) is 6.52. The lowest BCUT2D eigenvalue weighted by atomic mass is 9.66. The molecule has 2 spiro atoms. The van der Waals surface area contributed by atoms with Gasteiger partial charge in [0.2, 0.25) is 11.8 Å². The first-order chi connectivity index (χ1) is 18.6. The zero-order chi connectivity index (χ0) is 25.7. The van der Waals surface area contributed by atoms with Gasteiger partial charge >= 0.3 is 0 Å². The highest BCUT2D eigenvalue weighted by atomic mass is 16.2. The lowest BCUT2D eigenvalue weighted by molar-refractivity contribution is -0.120. The number of hydrogen-bond donors (Lipinski definition) is 2. The average molecular weight is 499 g/mol. The first-order valence-electron chi connectivity index (χ1n) is 13.6. The van der Waals surface area contributed by atoms with Crippen molar-refractivity contribution in [3.63, 3.8) is 0 Å². The van der Waals surface area contributed by atoms with E-state index in [4.69, 9.17) is 0 Å². The lowest BCUT2D eigenvalue weighted by Crippen LogP contribution is -2.38. The van der Waals surface area contributed by atoms with Crippen molar-refractivity contribution in [3.05, 3.63) is 130 Å². The molecule has 4 aliphatic rings. The first kappa shape index (κ1) is 23.0. The second-order valence-electron chi connectivity index (χ2n) is 10.8. The Morgan fingerprint density at radius 1 is 0.474 bits per heavy atom. The third kappa shape index (κ3) is 3.16. The molecule has 188 valence electrons. The number of aryl methyl sites for hydroxylation is 2. The maximum Gasteiger partial charge on any atom is 0.239 e. The first-order valence-corrected chi connectivity index (χ1v) is 13.6. The van der Waals surface area contributed by atoms with Crippen LogP contribution in [0.25, 0.3) is 0 Å². The summed E-state index contributed by atoms with van der Waals surface area (Å²) in [6.07, 6.45) is 6.11. The van der Waals surface area contributed by atoms with E-state index < -0.39 is 10.8 Å². The fourth-order valence-electron chi connectivity index (χ4n) is 7.33. The Bertz CT molecular complexity index is 1470. The van der Waals surface area contributed by atoms with Gasteiger partial charge in [-0.1, -0.05) is 84.9 Å². The van der Waals surface area contributed by atoms with Gasteiger partial charge in [-0.2, -0.15) is 0 Å². The third-order valence-electron chi connectivity index (χ3n) is 9.00. The molecule has 4 aromatic rings. The van der Waals surface area contributed by atoms with Crippen LogP contribution < -0.4 is 10.6 Å². The Labute approximate surface area is 223 Å². The van der Waals surface area contributed by atoms with E-state index in [0.717, 1.165) is 61.0 Å². The number of hydrogen-bond acceptors (Lipinski definition) is 2. The molecule has 4 aromatic carbocycles. The zero-order valence-corrected chi connectivity index (χ0v) is 21.3. The number of carbonyl (C=O) groups excluding carboxylic acids is 2. The fraction of sp³-hybridized carbons (Fsp3) is 0.235. The van der Waals surface area contributed by atoms with Crippen molar-refractivity contribution in [1.29, 1.82) is 0 Å². The van der Waals surface area contributed by atoms with Crippen molar-refractivity contribution < 1.29 is 9.59 Å². The molecule has 2 N–H and O–H groups in total. The summed E-state index contributed by atoms with van der Waals surface area (Å²) in [6.45, 7) is 0. The molecule has 0 saturated carbocycles. The van der Waals surface area contributed by atoms with Crippen LogP contribution in [0.3, 0.4) is 0 Å². The van der Waals surface area contributed by atoms with E-state index in [1.54, 1.807) is 0 Å². The largest absolute Gasteiger partial charge is 0.325 e. The van der Waals surface area contributed by atoms with Crippen LogP contribution in [0.4, 0.5) is 11.4 Å². The quantitative estimate of drug-likeness (QED) is 0.290. The van der Waals surface area contributed by atoms with Gasteiger partial charge in [0.15, 0.2) is 0 Å². The highest BCUT2D eigenvalue weighted by Crippen LogP contribution is 2.50. The van der Waals surface area contributed by atoms with Crippen molar-refractivity contribution in [3.8, 4) is 0 Å². The number of fused-ring (bicyclic) bond motifs is 8. The van der Waals surface area contributed by atoms with Gasteiger partial charge in [0.1, 0.15) is 10.8 Å². The molecular weight excluding hydrogens is 468 g/mol. The molecule has 0 aromatic heterocycles. The van der Waals surface area contributed by atoms with Crippen LogP contribution in [0.2, 0.25) is 0 Å². The van der Waals surface area contributed by atoms with Crippen LogP contribution in [-0.2, 0) is 33.3 Å². The molecule has 4 heteroatoms. The van der Waals surface area contributed by atoms with Crippen LogP contribution in [0.1, 0.15) is 59.1 Å². The molecule has 2 aliphatic heterocycles. The van der Waals surface area contributed by atoms with Crippen molar-refractivity contribution >= 4 is 23.2 Å². The molecule has 2 atom stereocenters. The van der Waals surface area contributed by atoms with Crippen LogP contribution in [-0.4, -0.2) is 11.8 Å². The minimum Gasteiger partial charge on any atom is -0.325 e. The molecule has 4 nitrogen and oxygen atoms in total. The number of amides is 2. The van der Waals surface area contributed by atoms with E-state index in [1.807, 2.05) is 48.5 Å². The van der Waals surface area contributed by atoms with Crippen LogP contribution in [0.15, 0.2) is 97.1 Å². The number of rotatable bonds is 0. The molecule has 38 heavy (non-hydrogen) atoms. The van der Waals surface area contributed by atoms with E-state index in [-0.39, 0.29) is 11.8 Å². The summed E-state index contributed by atoms with van der Waals surface area (Å²) in [5.74, 6) is 0.279. The standard InChI is InChI=1S/2C17H15NO/c2*19-16-17(14-9-3-4-10-15(14)18-16)11-5-7-12-6-1-2-8-13(12)17/h2*1-4,6,8-10H,5,7,11H2,(H,18,19)/t2*17-/m00/s1. The summed E-state index contributed by atoms with van der Waals surface area (Å²) in [6, 6.07) is 33.0. The van der Waals surface area contributed by atoms with Crippen molar-refractivity contribution in [2.45, 2.75) is 49.4 Å². The summed E-state index contributed by atoms with van der Waals surface area (Å²) in [4.78, 5) is 25.3. The van der Waals surface area contributed by atoms with E-state index >= 15 is 0 Å². The van der Waals surface area contributed by atoms with Crippen molar-refractivity contribution in [1.82, 2.24) is 0 Å². The molecule has 0 saturated heterocycles. The van der Waals surface area contributed by atoms with E-state index in [2.05, 4.69) is 59.2 Å². The molecule has 2 heterocycles. The maximum absolute atomic E-state index is 12.7. The number of carbonyl (C=O) groups is 2. The minimum atomic E-state index is -0.453. The van der Waals surface area contributed by atoms with Crippen molar-refractivity contribution in [2.24, 2.45) is 0 Å². The zero-order valence-electron chi connectivity index (χ0n) is 21.3. The van der Waals surface area contributed by atoms with Gasteiger partial charge in [-0.3, -0.25) is 9.59 Å². The molecular formula is C34H30N2O2. The number of para-hydroxylation sites is 2. The van der Waals surface area contributed by atoms with Crippen LogP contribution in [0, 0.1) is 0 Å². The second-order valence-corrected chi connectivity index (χ2v) is 10.8. The Morgan fingerprint density at radius 2 is 0.842 bits per heavy atom. The average Bonchev–Trinajstić information content (AvgIpc) is 3.40. The molecule has 8 rings (SSSR count). The minimum absolute atomic E-state index is 0.140. The Balaban J connectivity index is 0.000000127. The molecule has 0 fully saturated rings. The lowest BCUT2D eigenvalue weighted by Gasteiger charge is -2.34. The normalized spacial score (nSPS) is 23.9. The van der Waals surface area contributed by atoms with Crippen molar-refractivity contribution in [2.75, 3.05) is 10.6 Å². The summed E-state index contributed by atoms with van der Waals surface area (Å²) in [5.41, 5.74) is 8.37. The van der Waals surface area contributed by atoms with E-state index in [1.165, 1.54) is 22.3 Å². The van der Waals surface area contributed by atoms with E-state index in [9.17, 15) is 9.59 Å². The van der Waals surface area contributed by atoms with E-state index in [0.29, 0.717) is 0 Å². The molecule has 0 bridgehead atoms. The molecule has 2 amide bonds. The summed E-state index contributed by atoms with van der Waals surface area (Å²) in [7, 11) is 0. The highest BCUT2D eigenvalue weighted by molar-refractivity contribution is 6.09. The fourth-order valence-corrected chi connectivity index (χ4v) is 7.33. The summed E-state index contributed by atoms with van der Waals surface area (Å²) in [5, 5.41) is 6.12. The van der Waals surface area contributed by atoms with Crippen LogP contribution in [0.5, 0.6) is 0 Å². The number of nitrogens with one attached hydrogen (secondary N) is 2. The van der Waals surface area contributed by atoms with Gasteiger partial charge in [0, 0.05) is 11.4 Å². The van der Waals surface area contributed by atoms with Gasteiger partial charge in [0.05, 0.1) is 0 Å². The predicted molar refractivity (Wildman–Crippen MR) is 150 cm³/mol. The maximum atomic E-state index is 12.7. The van der Waals surface area contributed by atoms with Gasteiger partial charge < -0.3 is 10.6 Å². The van der Waals surface area contributed by atoms with Gasteiger partial charge in [-0.15, -0.1) is 0 Å². The topological polar surface area (TPSA) is 58.2 Å². The highest BCUT2D eigenvalue weighted by Gasteiger charge is 2.51. The van der Waals surface area contributed by atoms with Crippen LogP contribution >= 0.6 is 0 Å². The smallest absolute Gasteiger partial charge is 0.239 e. The van der Waals surface area contributed by atoms with Gasteiger partial charge in [-0.25, -0.2) is 0 Å². The molecule has 2 aliphatic carbocycles. The van der Waals surface area contributed by atoms with Gasteiger partial charge in [-0.05, 0) is 84.0 Å². The number of anilines is 2. The van der Waals surface area contributed by atoms with Gasteiger partial charge in [0.25, 0.3) is 0 Å².